The minimum absolute atomic E-state index is 0.411. The van der Waals surface area contributed by atoms with E-state index in [9.17, 15) is 0 Å². The molecule has 3 heteroatoms. The molecule has 0 radical (unpaired) electrons. The highest BCUT2D eigenvalue weighted by molar-refractivity contribution is 7.13. The van der Waals surface area contributed by atoms with Gasteiger partial charge >= 0.3 is 0 Å². The quantitative estimate of drug-likeness (QED) is 0.842. The standard InChI is InChI=1S/C16H21NS2/c1-3-9-17-16(14-8-7-11(2)18-14)15-10-12-5-4-6-13(12)19-15/h7-8,10,16-17H,3-6,9H2,1-2H3. The van der Waals surface area contributed by atoms with E-state index in [0.29, 0.717) is 6.04 Å². The Balaban J connectivity index is 1.89. The Bertz CT molecular complexity index is 531. The van der Waals surface area contributed by atoms with Crippen LogP contribution in [0, 0.1) is 6.92 Å². The first kappa shape index (κ1) is 13.3. The number of fused-ring (bicyclic) bond motifs is 1. The summed E-state index contributed by atoms with van der Waals surface area (Å²) in [6.07, 6.45) is 5.12. The fourth-order valence-corrected chi connectivity index (χ4v) is 5.13. The van der Waals surface area contributed by atoms with E-state index in [0.717, 1.165) is 6.54 Å². The summed E-state index contributed by atoms with van der Waals surface area (Å²) >= 11 is 3.95. The van der Waals surface area contributed by atoms with Crippen LogP contribution in [-0.2, 0) is 12.8 Å². The lowest BCUT2D eigenvalue weighted by Crippen LogP contribution is -2.21. The lowest BCUT2D eigenvalue weighted by molar-refractivity contribution is 0.613. The number of nitrogens with one attached hydrogen (secondary N) is 1. The Labute approximate surface area is 123 Å². The normalized spacial score (nSPS) is 15.7. The van der Waals surface area contributed by atoms with Gasteiger partial charge in [0.25, 0.3) is 0 Å². The molecule has 1 atom stereocenters. The van der Waals surface area contributed by atoms with Crippen molar-refractivity contribution in [1.82, 2.24) is 5.32 Å². The van der Waals surface area contributed by atoms with Gasteiger partial charge in [-0.1, -0.05) is 6.92 Å². The van der Waals surface area contributed by atoms with Gasteiger partial charge in [-0.15, -0.1) is 22.7 Å². The second-order valence-corrected chi connectivity index (χ2v) is 7.77. The lowest BCUT2D eigenvalue weighted by atomic mass is 10.1. The van der Waals surface area contributed by atoms with Crippen molar-refractivity contribution in [1.29, 1.82) is 0 Å². The molecule has 2 aromatic rings. The highest BCUT2D eigenvalue weighted by atomic mass is 32.1. The fourth-order valence-electron chi connectivity index (χ4n) is 2.73. The Morgan fingerprint density at radius 1 is 1.21 bits per heavy atom. The first-order chi connectivity index (χ1) is 9.28. The van der Waals surface area contributed by atoms with Crippen LogP contribution in [0.3, 0.4) is 0 Å². The molecule has 3 rings (SSSR count). The van der Waals surface area contributed by atoms with Gasteiger partial charge in [0.05, 0.1) is 6.04 Å². The van der Waals surface area contributed by atoms with Gasteiger partial charge in [-0.25, -0.2) is 0 Å². The molecule has 0 saturated carbocycles. The predicted molar refractivity (Wildman–Crippen MR) is 85.5 cm³/mol. The second kappa shape index (κ2) is 5.78. The van der Waals surface area contributed by atoms with Crippen LogP contribution in [0.1, 0.15) is 50.9 Å². The van der Waals surface area contributed by atoms with Gasteiger partial charge in [0, 0.05) is 19.5 Å². The predicted octanol–water partition coefficient (Wildman–Crippen LogP) is 4.70. The van der Waals surface area contributed by atoms with E-state index >= 15 is 0 Å². The molecule has 2 heterocycles. The Morgan fingerprint density at radius 2 is 2.11 bits per heavy atom. The van der Waals surface area contributed by atoms with E-state index in [1.54, 1.807) is 10.4 Å². The minimum atomic E-state index is 0.411. The molecule has 0 spiro atoms. The van der Waals surface area contributed by atoms with Crippen LogP contribution in [0.25, 0.3) is 0 Å². The van der Waals surface area contributed by atoms with Gasteiger partial charge in [0.15, 0.2) is 0 Å². The maximum Gasteiger partial charge on any atom is 0.0765 e. The third-order valence-electron chi connectivity index (χ3n) is 3.69. The van der Waals surface area contributed by atoms with Gasteiger partial charge in [0.2, 0.25) is 0 Å². The smallest absolute Gasteiger partial charge is 0.0765 e. The van der Waals surface area contributed by atoms with Crippen LogP contribution in [0.2, 0.25) is 0 Å². The van der Waals surface area contributed by atoms with Crippen molar-refractivity contribution in [3.63, 3.8) is 0 Å². The highest BCUT2D eigenvalue weighted by Crippen LogP contribution is 2.37. The van der Waals surface area contributed by atoms with Crippen LogP contribution < -0.4 is 5.32 Å². The molecular formula is C16H21NS2. The van der Waals surface area contributed by atoms with E-state index in [2.05, 4.69) is 37.4 Å². The molecule has 0 saturated heterocycles. The summed E-state index contributed by atoms with van der Waals surface area (Å²) < 4.78 is 0. The first-order valence-electron chi connectivity index (χ1n) is 7.19. The zero-order valence-corrected chi connectivity index (χ0v) is 13.3. The molecule has 0 aromatic carbocycles. The average molecular weight is 291 g/mol. The van der Waals surface area contributed by atoms with E-state index in [-0.39, 0.29) is 0 Å². The largest absolute Gasteiger partial charge is 0.305 e. The average Bonchev–Trinajstić information content (AvgIpc) is 3.05. The van der Waals surface area contributed by atoms with Crippen molar-refractivity contribution >= 4 is 22.7 Å². The van der Waals surface area contributed by atoms with Gasteiger partial charge in [0.1, 0.15) is 0 Å². The zero-order valence-electron chi connectivity index (χ0n) is 11.7. The van der Waals surface area contributed by atoms with Gasteiger partial charge in [-0.3, -0.25) is 0 Å². The molecule has 1 nitrogen and oxygen atoms in total. The molecule has 0 bridgehead atoms. The van der Waals surface area contributed by atoms with Crippen LogP contribution in [0.15, 0.2) is 18.2 Å². The van der Waals surface area contributed by atoms with E-state index < -0.39 is 0 Å². The molecule has 0 amide bonds. The van der Waals surface area contributed by atoms with Crippen molar-refractivity contribution in [3.8, 4) is 0 Å². The monoisotopic (exact) mass is 291 g/mol. The molecule has 1 aliphatic carbocycles. The van der Waals surface area contributed by atoms with Crippen molar-refractivity contribution in [3.05, 3.63) is 43.3 Å². The van der Waals surface area contributed by atoms with Gasteiger partial charge in [-0.05, 0) is 62.9 Å². The van der Waals surface area contributed by atoms with Gasteiger partial charge in [-0.2, -0.15) is 0 Å². The molecule has 0 aliphatic heterocycles. The maximum atomic E-state index is 3.72. The molecule has 1 aliphatic rings. The van der Waals surface area contributed by atoms with Crippen LogP contribution in [0.4, 0.5) is 0 Å². The Morgan fingerprint density at radius 3 is 2.79 bits per heavy atom. The molecule has 2 aromatic heterocycles. The number of thiophene rings is 2. The number of hydrogen-bond donors (Lipinski definition) is 1. The molecule has 102 valence electrons. The van der Waals surface area contributed by atoms with E-state index in [1.807, 2.05) is 22.7 Å². The summed E-state index contributed by atoms with van der Waals surface area (Å²) in [6.45, 7) is 5.52. The van der Waals surface area contributed by atoms with Crippen molar-refractivity contribution in [2.24, 2.45) is 0 Å². The molecule has 19 heavy (non-hydrogen) atoms. The number of hydrogen-bond acceptors (Lipinski definition) is 3. The third kappa shape index (κ3) is 2.78. The molecule has 0 fully saturated rings. The number of rotatable bonds is 5. The molecule has 1 N–H and O–H groups in total. The minimum Gasteiger partial charge on any atom is -0.305 e. The summed E-state index contributed by atoms with van der Waals surface area (Å²) in [7, 11) is 0. The maximum absolute atomic E-state index is 3.72. The summed E-state index contributed by atoms with van der Waals surface area (Å²) in [4.78, 5) is 6.01. The Kier molecular flexibility index (Phi) is 4.06. The zero-order chi connectivity index (χ0) is 13.2. The molecular weight excluding hydrogens is 270 g/mol. The summed E-state index contributed by atoms with van der Waals surface area (Å²) in [6, 6.07) is 7.39. The van der Waals surface area contributed by atoms with Crippen molar-refractivity contribution < 1.29 is 0 Å². The van der Waals surface area contributed by atoms with Crippen LogP contribution in [-0.4, -0.2) is 6.54 Å². The summed E-state index contributed by atoms with van der Waals surface area (Å²) in [5.74, 6) is 0. The van der Waals surface area contributed by atoms with E-state index in [4.69, 9.17) is 0 Å². The lowest BCUT2D eigenvalue weighted by Gasteiger charge is -2.15. The van der Waals surface area contributed by atoms with E-state index in [1.165, 1.54) is 40.3 Å². The SMILES string of the molecule is CCCNC(c1ccc(C)s1)c1cc2c(s1)CCC2. The second-order valence-electron chi connectivity index (χ2n) is 5.29. The summed E-state index contributed by atoms with van der Waals surface area (Å²) in [5, 5.41) is 3.72. The van der Waals surface area contributed by atoms with Crippen LogP contribution in [0.5, 0.6) is 0 Å². The third-order valence-corrected chi connectivity index (χ3v) is 6.06. The molecule has 1 unspecified atom stereocenters. The first-order valence-corrected chi connectivity index (χ1v) is 8.82. The summed E-state index contributed by atoms with van der Waals surface area (Å²) in [5.41, 5.74) is 1.61. The van der Waals surface area contributed by atoms with Crippen molar-refractivity contribution in [2.45, 2.75) is 45.6 Å². The van der Waals surface area contributed by atoms with Gasteiger partial charge < -0.3 is 5.32 Å². The Hall–Kier alpha value is -0.640. The fraction of sp³-hybridized carbons (Fsp3) is 0.500. The number of aryl methyl sites for hydroxylation is 3. The highest BCUT2D eigenvalue weighted by Gasteiger charge is 2.21. The van der Waals surface area contributed by atoms with Crippen molar-refractivity contribution in [2.75, 3.05) is 6.54 Å². The topological polar surface area (TPSA) is 12.0 Å². The van der Waals surface area contributed by atoms with Crippen LogP contribution >= 0.6 is 22.7 Å².